The van der Waals surface area contributed by atoms with E-state index in [-0.39, 0.29) is 6.61 Å². The van der Waals surface area contributed by atoms with Gasteiger partial charge >= 0.3 is 10.4 Å². The molecule has 0 unspecified atom stereocenters. The number of hydrogen-bond acceptors (Lipinski definition) is 4. The Morgan fingerprint density at radius 1 is 1.13 bits per heavy atom. The first-order valence-electron chi connectivity index (χ1n) is 4.73. The Morgan fingerprint density at radius 2 is 1.60 bits per heavy atom. The Hall–Kier alpha value is 0.264. The molecule has 0 heterocycles. The normalized spacial score (nSPS) is 14.3. The van der Waals surface area contributed by atoms with Crippen LogP contribution in [0.1, 0.15) is 0 Å². The Morgan fingerprint density at radius 3 is 1.93 bits per heavy atom. The van der Waals surface area contributed by atoms with E-state index in [2.05, 4.69) is 23.8 Å². The summed E-state index contributed by atoms with van der Waals surface area (Å²) in [5, 5.41) is 0. The van der Waals surface area contributed by atoms with Crippen molar-refractivity contribution in [3.63, 3.8) is 0 Å². The maximum atomic E-state index is 10.3. The third-order valence-corrected chi connectivity index (χ3v) is 8.05. The first-order valence-corrected chi connectivity index (χ1v) is 12.6. The van der Waals surface area contributed by atoms with Crippen molar-refractivity contribution in [1.82, 2.24) is 0 Å². The topological polar surface area (TPSA) is 72.8 Å². The Kier molecular flexibility index (Phi) is 5.15. The highest BCUT2D eigenvalue weighted by molar-refractivity contribution is 7.80. The molecule has 5 nitrogen and oxygen atoms in total. The lowest BCUT2D eigenvalue weighted by molar-refractivity contribution is 0.279. The molecule has 0 radical (unpaired) electrons. The van der Waals surface area contributed by atoms with E-state index in [1.165, 1.54) is 0 Å². The lowest BCUT2D eigenvalue weighted by Gasteiger charge is -2.31. The third-order valence-electron chi connectivity index (χ3n) is 1.52. The van der Waals surface area contributed by atoms with E-state index in [9.17, 15) is 8.42 Å². The summed E-state index contributed by atoms with van der Waals surface area (Å²) >= 11 is 0. The van der Waals surface area contributed by atoms with Crippen LogP contribution in [-0.4, -0.2) is 36.2 Å². The molecule has 0 aliphatic carbocycles. The summed E-state index contributed by atoms with van der Waals surface area (Å²) in [6.07, 6.45) is 0. The van der Waals surface area contributed by atoms with E-state index in [4.69, 9.17) is 8.67 Å². The molecule has 92 valence electrons. The van der Waals surface area contributed by atoms with Crippen molar-refractivity contribution < 1.29 is 21.3 Å². The predicted molar refractivity (Wildman–Crippen MR) is 64.2 cm³/mol. The van der Waals surface area contributed by atoms with Crippen LogP contribution in [0, 0.1) is 0 Å². The molecule has 8 heteroatoms. The molecule has 0 bridgehead atoms. The van der Waals surface area contributed by atoms with Gasteiger partial charge in [-0.2, -0.15) is 8.42 Å². The van der Waals surface area contributed by atoms with Gasteiger partial charge in [0.2, 0.25) is 0 Å². The third kappa shape index (κ3) is 10.5. The molecule has 1 N–H and O–H groups in total. The van der Waals surface area contributed by atoms with Crippen molar-refractivity contribution in [1.29, 1.82) is 0 Å². The van der Waals surface area contributed by atoms with Crippen LogP contribution in [0.25, 0.3) is 0 Å². The summed E-state index contributed by atoms with van der Waals surface area (Å²) in [7, 11) is -7.78. The van der Waals surface area contributed by atoms with Gasteiger partial charge in [0, 0.05) is 0 Å². The molecule has 0 aliphatic rings. The van der Waals surface area contributed by atoms with E-state index in [0.29, 0.717) is 6.04 Å². The van der Waals surface area contributed by atoms with Gasteiger partial charge in [-0.25, -0.2) is 4.18 Å². The first-order chi connectivity index (χ1) is 6.41. The predicted octanol–water partition coefficient (Wildman–Crippen LogP) is 1.86. The fraction of sp³-hybridized carbons (Fsp3) is 1.00. The zero-order chi connectivity index (χ0) is 12.3. The van der Waals surface area contributed by atoms with E-state index < -0.39 is 27.0 Å². The molecule has 0 saturated heterocycles. The molecule has 0 saturated carbocycles. The smallest absolute Gasteiger partial charge is 0.397 e. The molecule has 0 amide bonds. The minimum atomic E-state index is -4.31. The molecule has 0 rings (SSSR count). The second-order valence-electron chi connectivity index (χ2n) is 4.97. The van der Waals surface area contributed by atoms with Crippen LogP contribution >= 0.6 is 0 Å². The van der Waals surface area contributed by atoms with E-state index in [0.717, 1.165) is 0 Å². The molecule has 0 atom stereocenters. The van der Waals surface area contributed by atoms with E-state index in [1.807, 2.05) is 13.1 Å². The van der Waals surface area contributed by atoms with Crippen molar-refractivity contribution in [3.8, 4) is 0 Å². The summed E-state index contributed by atoms with van der Waals surface area (Å²) < 4.78 is 39.3. The van der Waals surface area contributed by atoms with Crippen molar-refractivity contribution >= 4 is 27.0 Å². The molecule has 15 heavy (non-hydrogen) atoms. The van der Waals surface area contributed by atoms with Crippen molar-refractivity contribution in [2.75, 3.05) is 6.61 Å². The number of rotatable bonds is 6. The van der Waals surface area contributed by atoms with Gasteiger partial charge < -0.3 is 4.12 Å². The van der Waals surface area contributed by atoms with Crippen LogP contribution in [0.4, 0.5) is 0 Å². The fourth-order valence-electron chi connectivity index (χ4n) is 1.27. The van der Waals surface area contributed by atoms with Crippen molar-refractivity contribution in [2.45, 2.75) is 38.8 Å². The molecule has 0 aromatic rings. The van der Waals surface area contributed by atoms with Crippen LogP contribution < -0.4 is 0 Å². The lowest BCUT2D eigenvalue weighted by Crippen LogP contribution is -2.42. The lowest BCUT2D eigenvalue weighted by atomic mass is 10.9. The SMILES string of the molecule is C[Si](C)(C)O[Si](C)(C)CCOS(=O)(=O)O. The monoisotopic (exact) mass is 272 g/mol. The van der Waals surface area contributed by atoms with Gasteiger partial charge in [-0.1, -0.05) is 0 Å². The maximum Gasteiger partial charge on any atom is 0.397 e. The minimum Gasteiger partial charge on any atom is -0.456 e. The van der Waals surface area contributed by atoms with Crippen molar-refractivity contribution in [3.05, 3.63) is 0 Å². The van der Waals surface area contributed by atoms with Crippen LogP contribution in [0.15, 0.2) is 0 Å². The quantitative estimate of drug-likeness (QED) is 0.590. The molecule has 0 aromatic heterocycles. The van der Waals surface area contributed by atoms with Gasteiger partial charge in [0.25, 0.3) is 0 Å². The van der Waals surface area contributed by atoms with Gasteiger partial charge in [-0.15, -0.1) is 0 Å². The second-order valence-corrected chi connectivity index (χ2v) is 15.1. The Balaban J connectivity index is 4.06. The van der Waals surface area contributed by atoms with Gasteiger partial charge in [0.15, 0.2) is 16.6 Å². The molecule has 0 aliphatic heterocycles. The Labute approximate surface area is 94.0 Å². The van der Waals surface area contributed by atoms with Crippen molar-refractivity contribution in [2.24, 2.45) is 0 Å². The summed E-state index contributed by atoms with van der Waals surface area (Å²) in [6.45, 7) is 10.3. The average Bonchev–Trinajstić information content (AvgIpc) is 1.75. The van der Waals surface area contributed by atoms with Crippen LogP contribution in [0.5, 0.6) is 0 Å². The summed E-state index contributed by atoms with van der Waals surface area (Å²) in [4.78, 5) is 0. The second kappa shape index (κ2) is 5.06. The van der Waals surface area contributed by atoms with Crippen LogP contribution in [0.3, 0.4) is 0 Å². The molecular weight excluding hydrogens is 252 g/mol. The highest BCUT2D eigenvalue weighted by atomic mass is 32.3. The minimum absolute atomic E-state index is 0.0114. The van der Waals surface area contributed by atoms with Gasteiger partial charge in [-0.3, -0.25) is 4.55 Å². The molecular formula is C7H20O5SSi2. The first kappa shape index (κ1) is 15.3. The van der Waals surface area contributed by atoms with Gasteiger partial charge in [-0.05, 0) is 38.8 Å². The highest BCUT2D eigenvalue weighted by Crippen LogP contribution is 2.18. The molecule has 0 spiro atoms. The standard InChI is InChI=1S/C7H20O5SSi2/c1-14(2,3)12-15(4,5)7-6-11-13(8,9)10/h6-7H2,1-5H3,(H,8,9,10). The number of hydrogen-bond donors (Lipinski definition) is 1. The van der Waals surface area contributed by atoms with E-state index in [1.54, 1.807) is 0 Å². The Bertz CT molecular complexity index is 293. The summed E-state index contributed by atoms with van der Waals surface area (Å²) in [6, 6.07) is 0.553. The van der Waals surface area contributed by atoms with E-state index >= 15 is 0 Å². The van der Waals surface area contributed by atoms with Crippen LogP contribution in [-0.2, 0) is 18.7 Å². The fourth-order valence-corrected chi connectivity index (χ4v) is 9.35. The van der Waals surface area contributed by atoms with Crippen LogP contribution in [0.2, 0.25) is 38.8 Å². The summed E-state index contributed by atoms with van der Waals surface area (Å²) in [5.41, 5.74) is 0. The summed E-state index contributed by atoms with van der Waals surface area (Å²) in [5.74, 6) is 0. The van der Waals surface area contributed by atoms with Gasteiger partial charge in [0.05, 0.1) is 6.61 Å². The van der Waals surface area contributed by atoms with Gasteiger partial charge in [0.1, 0.15) is 0 Å². The zero-order valence-corrected chi connectivity index (χ0v) is 12.7. The molecule has 0 aromatic carbocycles. The largest absolute Gasteiger partial charge is 0.456 e. The molecule has 0 fully saturated rings. The maximum absolute atomic E-state index is 10.3. The highest BCUT2D eigenvalue weighted by Gasteiger charge is 2.29. The average molecular weight is 272 g/mol. The zero-order valence-electron chi connectivity index (χ0n) is 9.90.